The third-order valence-electron chi connectivity index (χ3n) is 7.02. The van der Waals surface area contributed by atoms with Gasteiger partial charge in [0, 0.05) is 37.2 Å². The number of ether oxygens (including phenoxy) is 1. The van der Waals surface area contributed by atoms with Crippen molar-refractivity contribution in [2.75, 3.05) is 25.7 Å². The first kappa shape index (κ1) is 28.5. The van der Waals surface area contributed by atoms with Crippen LogP contribution in [0.2, 0.25) is 0 Å². The minimum absolute atomic E-state index is 0.0848. The number of methoxy groups -OCH3 is 1. The second kappa shape index (κ2) is 10.9. The van der Waals surface area contributed by atoms with Gasteiger partial charge in [-0.1, -0.05) is 31.2 Å². The van der Waals surface area contributed by atoms with Crippen molar-refractivity contribution in [2.24, 2.45) is 0 Å². The molecule has 0 fully saturated rings. The van der Waals surface area contributed by atoms with Gasteiger partial charge in [0.2, 0.25) is 16.0 Å². The molecule has 0 amide bonds. The van der Waals surface area contributed by atoms with Gasteiger partial charge in [0.05, 0.1) is 30.3 Å². The van der Waals surface area contributed by atoms with Crippen LogP contribution in [0.4, 0.5) is 24.8 Å². The number of anilines is 2. The van der Waals surface area contributed by atoms with Crippen LogP contribution in [-0.2, 0) is 29.0 Å². The van der Waals surface area contributed by atoms with Crippen LogP contribution in [0.3, 0.4) is 0 Å². The van der Waals surface area contributed by atoms with Crippen molar-refractivity contribution in [1.82, 2.24) is 14.3 Å². The fraction of sp³-hybridized carbons (Fsp3) is 0.370. The largest absolute Gasteiger partial charge is 0.495 e. The van der Waals surface area contributed by atoms with Crippen molar-refractivity contribution in [1.29, 1.82) is 0 Å². The highest BCUT2D eigenvalue weighted by atomic mass is 32.2. The average molecular weight is 563 g/mol. The first-order valence-corrected chi connectivity index (χ1v) is 14.1. The highest BCUT2D eigenvalue weighted by molar-refractivity contribution is 7.88. The maximum absolute atomic E-state index is 14.0. The Morgan fingerprint density at radius 1 is 1.21 bits per heavy atom. The lowest BCUT2D eigenvalue weighted by Crippen LogP contribution is -2.39. The summed E-state index contributed by atoms with van der Waals surface area (Å²) in [6.07, 6.45) is -2.39. The first-order valence-electron chi connectivity index (χ1n) is 12.3. The van der Waals surface area contributed by atoms with Gasteiger partial charge in [0.15, 0.2) is 5.78 Å². The molecule has 208 valence electrons. The Bertz CT molecular complexity index is 1490. The molecule has 0 saturated carbocycles. The van der Waals surface area contributed by atoms with E-state index in [1.807, 2.05) is 18.2 Å². The van der Waals surface area contributed by atoms with E-state index in [2.05, 4.69) is 15.3 Å². The molecule has 2 atom stereocenters. The molecular formula is C27H29F3N4O4S. The van der Waals surface area contributed by atoms with Crippen molar-refractivity contribution < 1.29 is 31.1 Å². The van der Waals surface area contributed by atoms with Gasteiger partial charge in [-0.05, 0) is 42.2 Å². The van der Waals surface area contributed by atoms with E-state index in [9.17, 15) is 26.4 Å². The molecule has 0 aliphatic heterocycles. The average Bonchev–Trinajstić information content (AvgIpc) is 3.25. The van der Waals surface area contributed by atoms with Crippen LogP contribution in [-0.4, -0.2) is 54.9 Å². The molecule has 2 aromatic carbocycles. The Morgan fingerprint density at radius 2 is 1.92 bits per heavy atom. The van der Waals surface area contributed by atoms with Crippen molar-refractivity contribution in [2.45, 2.75) is 44.3 Å². The number of halogens is 3. The molecular weight excluding hydrogens is 533 g/mol. The molecule has 4 rings (SSSR count). The number of sulfonamides is 1. The van der Waals surface area contributed by atoms with Crippen LogP contribution in [0.1, 0.15) is 52.0 Å². The van der Waals surface area contributed by atoms with Crippen molar-refractivity contribution >= 4 is 27.4 Å². The van der Waals surface area contributed by atoms with Crippen LogP contribution >= 0.6 is 0 Å². The van der Waals surface area contributed by atoms with E-state index < -0.39 is 33.7 Å². The van der Waals surface area contributed by atoms with Gasteiger partial charge >= 0.3 is 6.18 Å². The number of benzene rings is 2. The molecule has 0 bridgehead atoms. The smallest absolute Gasteiger partial charge is 0.419 e. The zero-order chi connectivity index (χ0) is 28.5. The summed E-state index contributed by atoms with van der Waals surface area (Å²) in [6, 6.07) is 11.4. The summed E-state index contributed by atoms with van der Waals surface area (Å²) in [5.74, 6) is -0.430. The zero-order valence-electron chi connectivity index (χ0n) is 21.9. The SMILES string of the molecule is CCC(=O)c1ccc(Nc2ncc(C(F)(F)F)c(C[C@@H]3c4ccccc4C[C@H]3N(C)S(C)(=O)=O)n2)c(OC)c1. The third-order valence-corrected chi connectivity index (χ3v) is 8.33. The predicted molar refractivity (Wildman–Crippen MR) is 141 cm³/mol. The van der Waals surface area contributed by atoms with E-state index in [1.54, 1.807) is 31.2 Å². The quantitative estimate of drug-likeness (QED) is 0.367. The predicted octanol–water partition coefficient (Wildman–Crippen LogP) is 4.98. The summed E-state index contributed by atoms with van der Waals surface area (Å²) in [4.78, 5) is 20.2. The second-order valence-electron chi connectivity index (χ2n) is 9.43. The van der Waals surface area contributed by atoms with Gasteiger partial charge in [-0.25, -0.2) is 22.7 Å². The van der Waals surface area contributed by atoms with Gasteiger partial charge < -0.3 is 10.1 Å². The monoisotopic (exact) mass is 562 g/mol. The van der Waals surface area contributed by atoms with Crippen LogP contribution < -0.4 is 10.1 Å². The van der Waals surface area contributed by atoms with Gasteiger partial charge in [-0.2, -0.15) is 13.2 Å². The Morgan fingerprint density at radius 3 is 2.56 bits per heavy atom. The first-order chi connectivity index (χ1) is 18.3. The summed E-state index contributed by atoms with van der Waals surface area (Å²) in [5.41, 5.74) is 1.23. The lowest BCUT2D eigenvalue weighted by Gasteiger charge is -2.28. The Labute approximate surface area is 225 Å². The van der Waals surface area contributed by atoms with E-state index in [1.165, 1.54) is 18.5 Å². The number of alkyl halides is 3. The fourth-order valence-electron chi connectivity index (χ4n) is 4.90. The minimum Gasteiger partial charge on any atom is -0.495 e. The van der Waals surface area contributed by atoms with E-state index in [0.717, 1.165) is 23.6 Å². The topological polar surface area (TPSA) is 101 Å². The number of nitrogens with zero attached hydrogens (tertiary/aromatic N) is 3. The molecule has 1 aliphatic carbocycles. The van der Waals surface area contributed by atoms with E-state index in [0.29, 0.717) is 29.8 Å². The number of ketones is 1. The van der Waals surface area contributed by atoms with Gasteiger partial charge in [-0.15, -0.1) is 0 Å². The number of carbonyl (C=O) groups is 1. The van der Waals surface area contributed by atoms with E-state index in [4.69, 9.17) is 4.74 Å². The summed E-state index contributed by atoms with van der Waals surface area (Å²) < 4.78 is 73.4. The lowest BCUT2D eigenvalue weighted by molar-refractivity contribution is -0.138. The van der Waals surface area contributed by atoms with E-state index >= 15 is 0 Å². The molecule has 8 nitrogen and oxygen atoms in total. The van der Waals surface area contributed by atoms with Crippen LogP contribution in [0.25, 0.3) is 0 Å². The number of likely N-dealkylation sites (N-methyl/N-ethyl adjacent to an activating group) is 1. The molecule has 0 radical (unpaired) electrons. The number of fused-ring (bicyclic) bond motifs is 1. The molecule has 39 heavy (non-hydrogen) atoms. The highest BCUT2D eigenvalue weighted by Gasteiger charge is 2.41. The number of nitrogens with one attached hydrogen (secondary N) is 1. The summed E-state index contributed by atoms with van der Waals surface area (Å²) in [5, 5.41) is 2.90. The van der Waals surface area contributed by atoms with Crippen LogP contribution in [0.15, 0.2) is 48.7 Å². The normalized spacial score (nSPS) is 17.2. The summed E-state index contributed by atoms with van der Waals surface area (Å²) in [7, 11) is -0.755. The van der Waals surface area contributed by atoms with E-state index in [-0.39, 0.29) is 23.8 Å². The van der Waals surface area contributed by atoms with Crippen molar-refractivity contribution in [3.63, 3.8) is 0 Å². The molecule has 1 aliphatic rings. The Kier molecular flexibility index (Phi) is 7.99. The summed E-state index contributed by atoms with van der Waals surface area (Å²) in [6.45, 7) is 1.74. The molecule has 0 unspecified atom stereocenters. The number of Topliss-reactive ketones (excluding diaryl/α,β-unsaturated/α-hetero) is 1. The highest BCUT2D eigenvalue weighted by Crippen LogP contribution is 2.41. The molecule has 0 spiro atoms. The summed E-state index contributed by atoms with van der Waals surface area (Å²) >= 11 is 0. The van der Waals surface area contributed by atoms with Gasteiger partial charge in [0.25, 0.3) is 0 Å². The maximum Gasteiger partial charge on any atom is 0.419 e. The number of rotatable bonds is 9. The number of hydrogen-bond donors (Lipinski definition) is 1. The fourth-order valence-corrected chi connectivity index (χ4v) is 5.61. The second-order valence-corrected chi connectivity index (χ2v) is 11.5. The maximum atomic E-state index is 14.0. The Hall–Kier alpha value is -3.51. The number of hydrogen-bond acceptors (Lipinski definition) is 7. The number of carbonyl (C=O) groups excluding carboxylic acids is 1. The van der Waals surface area contributed by atoms with Crippen LogP contribution in [0, 0.1) is 0 Å². The molecule has 1 N–H and O–H groups in total. The number of aromatic nitrogens is 2. The zero-order valence-corrected chi connectivity index (χ0v) is 22.7. The minimum atomic E-state index is -4.72. The Balaban J connectivity index is 1.74. The standard InChI is InChI=1S/C27H29F3N4O4S/c1-5-24(35)17-10-11-21(25(13-17)38-3)32-26-31-15-20(27(28,29)30)22(33-26)14-19-18-9-7-6-8-16(18)12-23(19)34(2)39(4,36)37/h6-11,13,15,19,23H,5,12,14H2,1-4H3,(H,31,32,33)/t19-,23-/m1/s1. The molecule has 1 heterocycles. The molecule has 0 saturated heterocycles. The molecule has 3 aromatic rings. The van der Waals surface area contributed by atoms with Crippen molar-refractivity contribution in [3.05, 3.63) is 76.6 Å². The van der Waals surface area contributed by atoms with Crippen LogP contribution in [0.5, 0.6) is 5.75 Å². The van der Waals surface area contributed by atoms with Gasteiger partial charge in [-0.3, -0.25) is 4.79 Å². The molecule has 12 heteroatoms. The third kappa shape index (κ3) is 6.06. The lowest BCUT2D eigenvalue weighted by atomic mass is 9.91. The molecule has 1 aromatic heterocycles. The van der Waals surface area contributed by atoms with Gasteiger partial charge in [0.1, 0.15) is 5.75 Å². The van der Waals surface area contributed by atoms with Crippen molar-refractivity contribution in [3.8, 4) is 5.75 Å².